The van der Waals surface area contributed by atoms with Crippen LogP contribution in [-0.2, 0) is 9.59 Å². The van der Waals surface area contributed by atoms with Crippen molar-refractivity contribution in [1.29, 1.82) is 0 Å². The zero-order valence-electron chi connectivity index (χ0n) is 14.8. The fourth-order valence-corrected chi connectivity index (χ4v) is 3.40. The summed E-state index contributed by atoms with van der Waals surface area (Å²) in [5.74, 6) is 0.597. The van der Waals surface area contributed by atoms with Gasteiger partial charge in [0.25, 0.3) is 0 Å². The zero-order valence-corrected chi connectivity index (χ0v) is 14.8. The van der Waals surface area contributed by atoms with Crippen LogP contribution in [0.5, 0.6) is 0 Å². The average Bonchev–Trinajstić information content (AvgIpc) is 2.70. The van der Waals surface area contributed by atoms with Gasteiger partial charge < -0.3 is 10.6 Å². The van der Waals surface area contributed by atoms with E-state index in [2.05, 4.69) is 20.6 Å². The first kappa shape index (κ1) is 17.8. The summed E-state index contributed by atoms with van der Waals surface area (Å²) in [6.45, 7) is 0. The fourth-order valence-electron chi connectivity index (χ4n) is 3.40. The number of pyridine rings is 2. The van der Waals surface area contributed by atoms with Gasteiger partial charge in [0, 0.05) is 25.2 Å². The number of anilines is 3. The lowest BCUT2D eigenvalue weighted by Crippen LogP contribution is -2.40. The Morgan fingerprint density at radius 3 is 2.73 bits per heavy atom. The number of nitrogens with zero attached hydrogens (tertiary/aromatic N) is 3. The Balaban J connectivity index is 1.89. The van der Waals surface area contributed by atoms with E-state index in [1.807, 2.05) is 24.3 Å². The molecule has 0 spiro atoms. The lowest BCUT2D eigenvalue weighted by atomic mass is 9.84. The van der Waals surface area contributed by atoms with E-state index in [0.29, 0.717) is 17.8 Å². The summed E-state index contributed by atoms with van der Waals surface area (Å²) in [5, 5.41) is 5.80. The smallest absolute Gasteiger partial charge is 0.234 e. The number of hydrogen-bond acceptors (Lipinski definition) is 5. The zero-order chi connectivity index (χ0) is 18.4. The van der Waals surface area contributed by atoms with Crippen molar-refractivity contribution in [2.75, 3.05) is 17.3 Å². The molecule has 2 heterocycles. The van der Waals surface area contributed by atoms with Crippen LogP contribution in [0, 0.1) is 5.92 Å². The van der Waals surface area contributed by atoms with Gasteiger partial charge >= 0.3 is 0 Å². The van der Waals surface area contributed by atoms with Crippen molar-refractivity contribution in [2.24, 2.45) is 5.92 Å². The quantitative estimate of drug-likeness (QED) is 0.779. The largest absolute Gasteiger partial charge is 0.373 e. The molecular formula is C19H23N5O2. The van der Waals surface area contributed by atoms with E-state index in [9.17, 15) is 9.59 Å². The van der Waals surface area contributed by atoms with Gasteiger partial charge in [-0.3, -0.25) is 19.5 Å². The van der Waals surface area contributed by atoms with E-state index in [0.717, 1.165) is 31.5 Å². The molecule has 0 aromatic carbocycles. The predicted molar refractivity (Wildman–Crippen MR) is 100 cm³/mol. The molecule has 1 aliphatic carbocycles. The summed E-state index contributed by atoms with van der Waals surface area (Å²) in [7, 11) is 1.80. The molecule has 0 saturated heterocycles. The Bertz CT molecular complexity index is 735. The van der Waals surface area contributed by atoms with Crippen LogP contribution in [0.25, 0.3) is 0 Å². The molecular weight excluding hydrogens is 330 g/mol. The van der Waals surface area contributed by atoms with Gasteiger partial charge in [-0.1, -0.05) is 6.42 Å². The first-order valence-electron chi connectivity index (χ1n) is 8.80. The van der Waals surface area contributed by atoms with Crippen LogP contribution in [0.15, 0.2) is 42.9 Å². The van der Waals surface area contributed by atoms with Crippen LogP contribution >= 0.6 is 0 Å². The SMILES string of the molecule is CNc1ccc(N(C(=O)C2CCCC(NC=O)C2)c2cccnc2)cn1. The summed E-state index contributed by atoms with van der Waals surface area (Å²) in [6, 6.07) is 7.43. The van der Waals surface area contributed by atoms with E-state index in [4.69, 9.17) is 0 Å². The lowest BCUT2D eigenvalue weighted by Gasteiger charge is -2.32. The second-order valence-electron chi connectivity index (χ2n) is 6.38. The van der Waals surface area contributed by atoms with Crippen molar-refractivity contribution < 1.29 is 9.59 Å². The number of nitrogens with one attached hydrogen (secondary N) is 2. The van der Waals surface area contributed by atoms with Crippen molar-refractivity contribution >= 4 is 29.5 Å². The van der Waals surface area contributed by atoms with Crippen LogP contribution in [0.3, 0.4) is 0 Å². The molecule has 0 radical (unpaired) electrons. The monoisotopic (exact) mass is 353 g/mol. The third-order valence-corrected chi connectivity index (χ3v) is 4.71. The Kier molecular flexibility index (Phi) is 5.78. The van der Waals surface area contributed by atoms with Gasteiger partial charge in [-0.05, 0) is 43.5 Å². The van der Waals surface area contributed by atoms with Gasteiger partial charge in [0.1, 0.15) is 5.82 Å². The third-order valence-electron chi connectivity index (χ3n) is 4.71. The second kappa shape index (κ2) is 8.42. The average molecular weight is 353 g/mol. The Hall–Kier alpha value is -2.96. The standard InChI is InChI=1S/C19H23N5O2/c1-20-18-8-7-17(12-22-18)24(16-6-3-9-21-11-16)19(26)14-4-2-5-15(10-14)23-13-25/h3,6-9,11-15H,2,4-5,10H2,1H3,(H,20,22)(H,23,25). The molecule has 7 nitrogen and oxygen atoms in total. The summed E-state index contributed by atoms with van der Waals surface area (Å²) >= 11 is 0. The molecule has 26 heavy (non-hydrogen) atoms. The van der Waals surface area contributed by atoms with Crippen molar-refractivity contribution in [2.45, 2.75) is 31.7 Å². The van der Waals surface area contributed by atoms with Gasteiger partial charge in [0.2, 0.25) is 12.3 Å². The minimum Gasteiger partial charge on any atom is -0.373 e. The number of aromatic nitrogens is 2. The maximum absolute atomic E-state index is 13.3. The number of carbonyl (C=O) groups is 2. The number of rotatable bonds is 6. The topological polar surface area (TPSA) is 87.2 Å². The van der Waals surface area contributed by atoms with Gasteiger partial charge in [-0.2, -0.15) is 0 Å². The van der Waals surface area contributed by atoms with Crippen LogP contribution in [0.1, 0.15) is 25.7 Å². The highest BCUT2D eigenvalue weighted by Crippen LogP contribution is 2.32. The first-order valence-corrected chi connectivity index (χ1v) is 8.80. The molecule has 2 unspecified atom stereocenters. The molecule has 2 aromatic rings. The second-order valence-corrected chi connectivity index (χ2v) is 6.38. The van der Waals surface area contributed by atoms with Crippen molar-refractivity contribution in [3.63, 3.8) is 0 Å². The van der Waals surface area contributed by atoms with Gasteiger partial charge in [-0.15, -0.1) is 0 Å². The molecule has 2 N–H and O–H groups in total. The fraction of sp³-hybridized carbons (Fsp3) is 0.368. The maximum atomic E-state index is 13.3. The number of carbonyl (C=O) groups excluding carboxylic acids is 2. The van der Waals surface area contributed by atoms with E-state index in [-0.39, 0.29) is 17.9 Å². The Morgan fingerprint density at radius 2 is 2.08 bits per heavy atom. The Labute approximate surface area is 152 Å². The molecule has 1 saturated carbocycles. The molecule has 1 aliphatic rings. The van der Waals surface area contributed by atoms with E-state index >= 15 is 0 Å². The summed E-state index contributed by atoms with van der Waals surface area (Å²) < 4.78 is 0. The Morgan fingerprint density at radius 1 is 1.23 bits per heavy atom. The summed E-state index contributed by atoms with van der Waals surface area (Å²) in [6.07, 6.45) is 9.04. The molecule has 0 aliphatic heterocycles. The molecule has 7 heteroatoms. The van der Waals surface area contributed by atoms with Crippen LogP contribution in [0.2, 0.25) is 0 Å². The lowest BCUT2D eigenvalue weighted by molar-refractivity contribution is -0.123. The van der Waals surface area contributed by atoms with Crippen LogP contribution in [0.4, 0.5) is 17.2 Å². The van der Waals surface area contributed by atoms with E-state index < -0.39 is 0 Å². The molecule has 136 valence electrons. The van der Waals surface area contributed by atoms with Crippen LogP contribution in [-0.4, -0.2) is 35.4 Å². The molecule has 0 bridgehead atoms. The number of hydrogen-bond donors (Lipinski definition) is 2. The molecule has 1 fully saturated rings. The first-order chi connectivity index (χ1) is 12.7. The highest BCUT2D eigenvalue weighted by molar-refractivity contribution is 6.01. The third kappa shape index (κ3) is 3.99. The highest BCUT2D eigenvalue weighted by Gasteiger charge is 2.31. The van der Waals surface area contributed by atoms with Crippen LogP contribution < -0.4 is 15.5 Å². The van der Waals surface area contributed by atoms with Gasteiger partial charge in [0.15, 0.2) is 0 Å². The van der Waals surface area contributed by atoms with Crippen molar-refractivity contribution in [3.05, 3.63) is 42.9 Å². The van der Waals surface area contributed by atoms with Gasteiger partial charge in [-0.25, -0.2) is 4.98 Å². The minimum absolute atomic E-state index is 0.00871. The molecule has 2 amide bonds. The molecule has 2 atom stereocenters. The molecule has 2 aromatic heterocycles. The summed E-state index contributed by atoms with van der Waals surface area (Å²) in [4.78, 5) is 34.3. The van der Waals surface area contributed by atoms with Crippen molar-refractivity contribution in [1.82, 2.24) is 15.3 Å². The minimum atomic E-state index is -0.148. The maximum Gasteiger partial charge on any atom is 0.234 e. The predicted octanol–water partition coefficient (Wildman–Crippen LogP) is 2.49. The molecule has 3 rings (SSSR count). The van der Waals surface area contributed by atoms with E-state index in [1.54, 1.807) is 30.5 Å². The van der Waals surface area contributed by atoms with Crippen molar-refractivity contribution in [3.8, 4) is 0 Å². The number of amides is 2. The summed E-state index contributed by atoms with van der Waals surface area (Å²) in [5.41, 5.74) is 1.41. The van der Waals surface area contributed by atoms with E-state index in [1.165, 1.54) is 0 Å². The van der Waals surface area contributed by atoms with Gasteiger partial charge in [0.05, 0.1) is 23.8 Å². The highest BCUT2D eigenvalue weighted by atomic mass is 16.2. The normalized spacial score (nSPS) is 19.4.